The van der Waals surface area contributed by atoms with Crippen molar-refractivity contribution in [3.05, 3.63) is 47.5 Å². The minimum atomic E-state index is 0.605. The minimum absolute atomic E-state index is 0.605. The quantitative estimate of drug-likeness (QED) is 0.824. The summed E-state index contributed by atoms with van der Waals surface area (Å²) in [5.74, 6) is 0.675. The fraction of sp³-hybridized carbons (Fsp3) is 0.133. The molecule has 19 heavy (non-hydrogen) atoms. The van der Waals surface area contributed by atoms with Crippen molar-refractivity contribution in [1.29, 1.82) is 5.26 Å². The van der Waals surface area contributed by atoms with Crippen molar-refractivity contribution in [2.24, 2.45) is 0 Å². The fourth-order valence-electron chi connectivity index (χ4n) is 1.89. The maximum Gasteiger partial charge on any atom is 0.122 e. The van der Waals surface area contributed by atoms with E-state index in [1.165, 1.54) is 0 Å². The molecule has 0 bridgehead atoms. The second-order valence-electron chi connectivity index (χ2n) is 4.23. The number of nitriles is 1. The standard InChI is InChI=1S/C15H15N3O/c1-10-4-3-5-15(14(10)9-16)18-12-6-11(17)7-13(8-12)19-2/h3-8,18H,17H2,1-2H3. The fourth-order valence-corrected chi connectivity index (χ4v) is 1.89. The van der Waals surface area contributed by atoms with Crippen molar-refractivity contribution in [3.8, 4) is 11.8 Å². The molecule has 0 fully saturated rings. The molecule has 0 atom stereocenters. The number of methoxy groups -OCH3 is 1. The van der Waals surface area contributed by atoms with Crippen LogP contribution in [0.2, 0.25) is 0 Å². The van der Waals surface area contributed by atoms with Crippen LogP contribution in [0.25, 0.3) is 0 Å². The Morgan fingerprint density at radius 2 is 2.05 bits per heavy atom. The molecule has 2 rings (SSSR count). The highest BCUT2D eigenvalue weighted by molar-refractivity contribution is 5.71. The first-order valence-electron chi connectivity index (χ1n) is 5.85. The summed E-state index contributed by atoms with van der Waals surface area (Å²) in [5.41, 5.74) is 9.52. The molecule has 0 aliphatic heterocycles. The third kappa shape index (κ3) is 2.78. The van der Waals surface area contributed by atoms with E-state index in [1.54, 1.807) is 19.2 Å². The van der Waals surface area contributed by atoms with Crippen LogP contribution >= 0.6 is 0 Å². The van der Waals surface area contributed by atoms with Crippen LogP contribution in [0, 0.1) is 18.3 Å². The molecule has 0 saturated heterocycles. The SMILES string of the molecule is COc1cc(N)cc(Nc2cccc(C)c2C#N)c1. The molecule has 0 saturated carbocycles. The molecule has 0 spiro atoms. The van der Waals surface area contributed by atoms with Crippen molar-refractivity contribution in [2.45, 2.75) is 6.92 Å². The first kappa shape index (κ1) is 12.8. The van der Waals surface area contributed by atoms with Gasteiger partial charge in [0.2, 0.25) is 0 Å². The average molecular weight is 253 g/mol. The van der Waals surface area contributed by atoms with E-state index >= 15 is 0 Å². The summed E-state index contributed by atoms with van der Waals surface area (Å²) in [6.07, 6.45) is 0. The molecule has 2 aromatic carbocycles. The third-order valence-electron chi connectivity index (χ3n) is 2.83. The number of benzene rings is 2. The lowest BCUT2D eigenvalue weighted by molar-refractivity contribution is 0.415. The lowest BCUT2D eigenvalue weighted by Gasteiger charge is -2.11. The maximum absolute atomic E-state index is 9.19. The third-order valence-corrected chi connectivity index (χ3v) is 2.83. The Balaban J connectivity index is 2.39. The minimum Gasteiger partial charge on any atom is -0.497 e. The first-order valence-corrected chi connectivity index (χ1v) is 5.85. The van der Waals surface area contributed by atoms with E-state index in [4.69, 9.17) is 10.5 Å². The molecule has 4 heteroatoms. The van der Waals surface area contributed by atoms with Gasteiger partial charge in [0.15, 0.2) is 0 Å². The molecule has 3 N–H and O–H groups in total. The van der Waals surface area contributed by atoms with E-state index in [1.807, 2.05) is 31.2 Å². The molecule has 4 nitrogen and oxygen atoms in total. The van der Waals surface area contributed by atoms with E-state index in [-0.39, 0.29) is 0 Å². The van der Waals surface area contributed by atoms with E-state index < -0.39 is 0 Å². The van der Waals surface area contributed by atoms with Crippen molar-refractivity contribution in [2.75, 3.05) is 18.2 Å². The van der Waals surface area contributed by atoms with Crippen molar-refractivity contribution >= 4 is 17.1 Å². The number of rotatable bonds is 3. The number of nitrogens with two attached hydrogens (primary N) is 1. The Morgan fingerprint density at radius 1 is 1.26 bits per heavy atom. The molecule has 0 unspecified atom stereocenters. The monoisotopic (exact) mass is 253 g/mol. The van der Waals surface area contributed by atoms with Crippen molar-refractivity contribution in [3.63, 3.8) is 0 Å². The zero-order valence-electron chi connectivity index (χ0n) is 10.9. The van der Waals surface area contributed by atoms with Gasteiger partial charge in [-0.2, -0.15) is 5.26 Å². The lowest BCUT2D eigenvalue weighted by Crippen LogP contribution is -1.97. The number of nitrogens with zero attached hydrogens (tertiary/aromatic N) is 1. The second-order valence-corrected chi connectivity index (χ2v) is 4.23. The summed E-state index contributed by atoms with van der Waals surface area (Å²) < 4.78 is 5.17. The highest BCUT2D eigenvalue weighted by Crippen LogP contribution is 2.27. The van der Waals surface area contributed by atoms with E-state index in [2.05, 4.69) is 11.4 Å². The molecule has 0 heterocycles. The Labute approximate surface area is 112 Å². The smallest absolute Gasteiger partial charge is 0.122 e. The van der Waals surface area contributed by atoms with Crippen LogP contribution < -0.4 is 15.8 Å². The number of hydrogen-bond donors (Lipinski definition) is 2. The van der Waals surface area contributed by atoms with Gasteiger partial charge in [-0.15, -0.1) is 0 Å². The number of ether oxygens (including phenoxy) is 1. The number of anilines is 3. The predicted molar refractivity (Wildman–Crippen MR) is 76.6 cm³/mol. The number of nitrogen functional groups attached to an aromatic ring is 1. The molecule has 0 aliphatic carbocycles. The lowest BCUT2D eigenvalue weighted by atomic mass is 10.1. The number of aryl methyl sites for hydroxylation is 1. The molecular weight excluding hydrogens is 238 g/mol. The highest BCUT2D eigenvalue weighted by Gasteiger charge is 2.06. The molecular formula is C15H15N3O. The Kier molecular flexibility index (Phi) is 3.58. The van der Waals surface area contributed by atoms with Gasteiger partial charge < -0.3 is 15.8 Å². The van der Waals surface area contributed by atoms with Crippen LogP contribution in [0.15, 0.2) is 36.4 Å². The summed E-state index contributed by atoms with van der Waals surface area (Å²) in [6.45, 7) is 1.91. The molecule has 2 aromatic rings. The second kappa shape index (κ2) is 5.32. The predicted octanol–water partition coefficient (Wildman–Crippen LogP) is 3.20. The van der Waals surface area contributed by atoms with Gasteiger partial charge in [-0.3, -0.25) is 0 Å². The number of nitrogens with one attached hydrogen (secondary N) is 1. The van der Waals surface area contributed by atoms with Crippen molar-refractivity contribution in [1.82, 2.24) is 0 Å². The van der Waals surface area contributed by atoms with Gasteiger partial charge >= 0.3 is 0 Å². The summed E-state index contributed by atoms with van der Waals surface area (Å²) in [6, 6.07) is 13.2. The van der Waals surface area contributed by atoms with Crippen LogP contribution in [-0.2, 0) is 0 Å². The largest absolute Gasteiger partial charge is 0.497 e. The van der Waals surface area contributed by atoms with Crippen LogP contribution in [0.1, 0.15) is 11.1 Å². The normalized spacial score (nSPS) is 9.74. The van der Waals surface area contributed by atoms with E-state index in [9.17, 15) is 5.26 Å². The topological polar surface area (TPSA) is 71.1 Å². The molecule has 0 amide bonds. The molecule has 0 radical (unpaired) electrons. The molecule has 0 aromatic heterocycles. The highest BCUT2D eigenvalue weighted by atomic mass is 16.5. The van der Waals surface area contributed by atoms with E-state index in [0.29, 0.717) is 17.0 Å². The summed E-state index contributed by atoms with van der Waals surface area (Å²) in [4.78, 5) is 0. The van der Waals surface area contributed by atoms with Gasteiger partial charge in [-0.05, 0) is 24.6 Å². The van der Waals surface area contributed by atoms with Crippen molar-refractivity contribution < 1.29 is 4.74 Å². The summed E-state index contributed by atoms with van der Waals surface area (Å²) in [7, 11) is 1.59. The van der Waals surface area contributed by atoms with Gasteiger partial charge in [-0.25, -0.2) is 0 Å². The van der Waals surface area contributed by atoms with E-state index in [0.717, 1.165) is 16.9 Å². The van der Waals surface area contributed by atoms with Crippen LogP contribution in [0.4, 0.5) is 17.1 Å². The Bertz CT molecular complexity index is 644. The van der Waals surface area contributed by atoms with Gasteiger partial charge in [0, 0.05) is 23.5 Å². The zero-order valence-corrected chi connectivity index (χ0v) is 10.9. The Morgan fingerprint density at radius 3 is 2.74 bits per heavy atom. The zero-order chi connectivity index (χ0) is 13.8. The van der Waals surface area contributed by atoms with Crippen LogP contribution in [0.5, 0.6) is 5.75 Å². The van der Waals surface area contributed by atoms with Gasteiger partial charge in [-0.1, -0.05) is 12.1 Å². The van der Waals surface area contributed by atoms with Gasteiger partial charge in [0.25, 0.3) is 0 Å². The Hall–Kier alpha value is -2.67. The molecule has 0 aliphatic rings. The molecule has 96 valence electrons. The summed E-state index contributed by atoms with van der Waals surface area (Å²) in [5, 5.41) is 12.4. The summed E-state index contributed by atoms with van der Waals surface area (Å²) >= 11 is 0. The van der Waals surface area contributed by atoms with Crippen LogP contribution in [0.3, 0.4) is 0 Å². The van der Waals surface area contributed by atoms with Crippen LogP contribution in [-0.4, -0.2) is 7.11 Å². The van der Waals surface area contributed by atoms with Gasteiger partial charge in [0.1, 0.15) is 11.8 Å². The van der Waals surface area contributed by atoms with Gasteiger partial charge in [0.05, 0.1) is 18.4 Å². The number of hydrogen-bond acceptors (Lipinski definition) is 4. The maximum atomic E-state index is 9.19. The first-order chi connectivity index (χ1) is 9.13. The average Bonchev–Trinajstić information content (AvgIpc) is 2.38.